The first-order valence-electron chi connectivity index (χ1n) is 8.88. The van der Waals surface area contributed by atoms with Crippen molar-refractivity contribution in [3.8, 4) is 5.75 Å². The zero-order valence-corrected chi connectivity index (χ0v) is 18.2. The monoisotopic (exact) mass is 499 g/mol. The number of rotatable bonds is 5. The molecule has 3 rings (SSSR count). The van der Waals surface area contributed by atoms with Crippen LogP contribution in [0.4, 0.5) is 5.69 Å². The van der Waals surface area contributed by atoms with Crippen LogP contribution in [0, 0.1) is 0 Å². The van der Waals surface area contributed by atoms with E-state index >= 15 is 0 Å². The number of nitrogens with zero attached hydrogens (tertiary/aromatic N) is 1. The zero-order chi connectivity index (χ0) is 22.2. The van der Waals surface area contributed by atoms with E-state index in [2.05, 4.69) is 31.8 Å². The molecule has 0 aliphatic rings. The molecule has 0 fully saturated rings. The Balaban J connectivity index is 1.50. The maximum atomic E-state index is 12.1. The van der Waals surface area contributed by atoms with Crippen LogP contribution >= 0.6 is 27.5 Å². The summed E-state index contributed by atoms with van der Waals surface area (Å²) >= 11 is 9.07. The number of benzene rings is 3. The second kappa shape index (κ2) is 10.5. The molecule has 0 bridgehead atoms. The standard InChI is InChI=1S/C22H15BrClN3O4/c23-16-3-1-2-15(12-16)22(30)31-19-10-4-14(5-11-19)13-25-27-21(29)20(28)26-18-8-6-17(24)7-9-18/h1-13H,(H,26,28)(H,27,29)/b25-13-. The average molecular weight is 501 g/mol. The van der Waals surface area contributed by atoms with Gasteiger partial charge in [-0.15, -0.1) is 0 Å². The lowest BCUT2D eigenvalue weighted by Gasteiger charge is -2.05. The van der Waals surface area contributed by atoms with Gasteiger partial charge in [-0.2, -0.15) is 5.10 Å². The van der Waals surface area contributed by atoms with Crippen LogP contribution in [-0.4, -0.2) is 24.0 Å². The molecule has 0 atom stereocenters. The van der Waals surface area contributed by atoms with Crippen molar-refractivity contribution in [3.63, 3.8) is 0 Å². The summed E-state index contributed by atoms with van der Waals surface area (Å²) < 4.78 is 6.09. The van der Waals surface area contributed by atoms with Gasteiger partial charge in [-0.1, -0.05) is 33.6 Å². The highest BCUT2D eigenvalue weighted by Gasteiger charge is 2.13. The van der Waals surface area contributed by atoms with Crippen molar-refractivity contribution >= 4 is 57.2 Å². The highest BCUT2D eigenvalue weighted by atomic mass is 79.9. The molecule has 3 aromatic rings. The molecule has 0 aliphatic heterocycles. The van der Waals surface area contributed by atoms with Crippen molar-refractivity contribution in [1.82, 2.24) is 5.43 Å². The molecule has 0 saturated carbocycles. The van der Waals surface area contributed by atoms with Gasteiger partial charge in [-0.25, -0.2) is 10.2 Å². The van der Waals surface area contributed by atoms with Crippen molar-refractivity contribution in [3.05, 3.63) is 93.4 Å². The summed E-state index contributed by atoms with van der Waals surface area (Å²) in [6.45, 7) is 0. The third-order valence-corrected chi connectivity index (χ3v) is 4.58. The lowest BCUT2D eigenvalue weighted by molar-refractivity contribution is -0.136. The van der Waals surface area contributed by atoms with Crippen LogP contribution in [0.5, 0.6) is 5.75 Å². The lowest BCUT2D eigenvalue weighted by Crippen LogP contribution is -2.32. The first-order chi connectivity index (χ1) is 14.9. The molecule has 0 spiro atoms. The van der Waals surface area contributed by atoms with Gasteiger partial charge in [0.2, 0.25) is 0 Å². The van der Waals surface area contributed by atoms with Gasteiger partial charge in [-0.3, -0.25) is 9.59 Å². The quantitative estimate of drug-likeness (QED) is 0.178. The van der Waals surface area contributed by atoms with Crippen molar-refractivity contribution in [2.75, 3.05) is 5.32 Å². The average Bonchev–Trinajstić information content (AvgIpc) is 2.76. The van der Waals surface area contributed by atoms with E-state index < -0.39 is 17.8 Å². The number of hydrogen-bond donors (Lipinski definition) is 2. The maximum Gasteiger partial charge on any atom is 0.343 e. The molecule has 3 aromatic carbocycles. The molecular weight excluding hydrogens is 486 g/mol. The molecule has 0 saturated heterocycles. The summed E-state index contributed by atoms with van der Waals surface area (Å²) in [4.78, 5) is 35.8. The fraction of sp³-hybridized carbons (Fsp3) is 0. The van der Waals surface area contributed by atoms with Crippen molar-refractivity contribution in [2.24, 2.45) is 5.10 Å². The molecular formula is C22H15BrClN3O4. The molecule has 31 heavy (non-hydrogen) atoms. The Kier molecular flexibility index (Phi) is 7.53. The predicted octanol–water partition coefficient (Wildman–Crippen LogP) is 4.41. The Hall–Kier alpha value is -3.49. The van der Waals surface area contributed by atoms with Gasteiger partial charge >= 0.3 is 17.8 Å². The molecule has 0 unspecified atom stereocenters. The predicted molar refractivity (Wildman–Crippen MR) is 121 cm³/mol. The summed E-state index contributed by atoms with van der Waals surface area (Å²) in [6.07, 6.45) is 1.35. The van der Waals surface area contributed by atoms with E-state index in [4.69, 9.17) is 16.3 Å². The third-order valence-electron chi connectivity index (χ3n) is 3.84. The van der Waals surface area contributed by atoms with Gasteiger partial charge in [0.1, 0.15) is 5.75 Å². The number of halogens is 2. The largest absolute Gasteiger partial charge is 0.423 e. The fourth-order valence-corrected chi connectivity index (χ4v) is 2.87. The van der Waals surface area contributed by atoms with Gasteiger partial charge in [0, 0.05) is 15.2 Å². The molecule has 0 radical (unpaired) electrons. The number of ether oxygens (including phenoxy) is 1. The number of carbonyl (C=O) groups excluding carboxylic acids is 3. The minimum absolute atomic E-state index is 0.355. The van der Waals surface area contributed by atoms with Gasteiger partial charge < -0.3 is 10.1 Å². The van der Waals surface area contributed by atoms with Crippen LogP contribution in [-0.2, 0) is 9.59 Å². The first kappa shape index (κ1) is 22.2. The fourth-order valence-electron chi connectivity index (χ4n) is 2.34. The topological polar surface area (TPSA) is 96.9 Å². The maximum absolute atomic E-state index is 12.1. The molecule has 2 N–H and O–H groups in total. The van der Waals surface area contributed by atoms with E-state index in [1.807, 2.05) is 6.07 Å². The van der Waals surface area contributed by atoms with Gasteiger partial charge in [-0.05, 0) is 72.3 Å². The highest BCUT2D eigenvalue weighted by molar-refractivity contribution is 9.10. The molecule has 0 aromatic heterocycles. The number of hydrazone groups is 1. The van der Waals surface area contributed by atoms with E-state index in [0.29, 0.717) is 27.6 Å². The second-order valence-corrected chi connectivity index (χ2v) is 7.48. The highest BCUT2D eigenvalue weighted by Crippen LogP contribution is 2.16. The van der Waals surface area contributed by atoms with Crippen molar-refractivity contribution < 1.29 is 19.1 Å². The molecule has 0 heterocycles. The number of nitrogens with one attached hydrogen (secondary N) is 2. The summed E-state index contributed by atoms with van der Waals surface area (Å²) in [6, 6.07) is 19.7. The minimum Gasteiger partial charge on any atom is -0.423 e. The second-order valence-electron chi connectivity index (χ2n) is 6.13. The van der Waals surface area contributed by atoms with E-state index in [9.17, 15) is 14.4 Å². The van der Waals surface area contributed by atoms with Gasteiger partial charge in [0.05, 0.1) is 11.8 Å². The Bertz CT molecular complexity index is 1130. The summed E-state index contributed by atoms with van der Waals surface area (Å²) in [5.41, 5.74) is 3.61. The molecule has 156 valence electrons. The molecule has 2 amide bonds. The summed E-state index contributed by atoms with van der Waals surface area (Å²) in [7, 11) is 0. The molecule has 9 heteroatoms. The summed E-state index contributed by atoms with van der Waals surface area (Å²) in [5, 5.41) is 6.69. The SMILES string of the molecule is O=C(N/N=C\c1ccc(OC(=O)c2cccc(Br)c2)cc1)C(=O)Nc1ccc(Cl)cc1. The minimum atomic E-state index is -0.925. The lowest BCUT2D eigenvalue weighted by atomic mass is 10.2. The van der Waals surface area contributed by atoms with E-state index in [-0.39, 0.29) is 0 Å². The van der Waals surface area contributed by atoms with E-state index in [1.54, 1.807) is 66.7 Å². The Morgan fingerprint density at radius 1 is 0.935 bits per heavy atom. The Morgan fingerprint density at radius 3 is 2.32 bits per heavy atom. The normalized spacial score (nSPS) is 10.5. The number of amides is 2. The third kappa shape index (κ3) is 6.77. The van der Waals surface area contributed by atoms with Crippen molar-refractivity contribution in [2.45, 2.75) is 0 Å². The van der Waals surface area contributed by atoms with Crippen LogP contribution in [0.15, 0.2) is 82.4 Å². The number of carbonyl (C=O) groups is 3. The van der Waals surface area contributed by atoms with Crippen LogP contribution in [0.3, 0.4) is 0 Å². The Labute approximate surface area is 191 Å². The summed E-state index contributed by atoms with van der Waals surface area (Å²) in [5.74, 6) is -1.92. The van der Waals surface area contributed by atoms with Crippen LogP contribution in [0.1, 0.15) is 15.9 Å². The smallest absolute Gasteiger partial charge is 0.343 e. The van der Waals surface area contributed by atoms with Crippen LogP contribution in [0.2, 0.25) is 5.02 Å². The molecule has 0 aliphatic carbocycles. The first-order valence-corrected chi connectivity index (χ1v) is 10.1. The molecule has 7 nitrogen and oxygen atoms in total. The van der Waals surface area contributed by atoms with Crippen LogP contribution in [0.25, 0.3) is 0 Å². The van der Waals surface area contributed by atoms with Crippen LogP contribution < -0.4 is 15.5 Å². The zero-order valence-electron chi connectivity index (χ0n) is 15.8. The van der Waals surface area contributed by atoms with Crippen molar-refractivity contribution in [1.29, 1.82) is 0 Å². The van der Waals surface area contributed by atoms with E-state index in [1.165, 1.54) is 6.21 Å². The number of hydrogen-bond acceptors (Lipinski definition) is 5. The van der Waals surface area contributed by atoms with E-state index in [0.717, 1.165) is 4.47 Å². The van der Waals surface area contributed by atoms with Gasteiger partial charge in [0.15, 0.2) is 0 Å². The number of esters is 1. The van der Waals surface area contributed by atoms with Gasteiger partial charge in [0.25, 0.3) is 0 Å². The Morgan fingerprint density at radius 2 is 1.65 bits per heavy atom. The number of anilines is 1.